The van der Waals surface area contributed by atoms with Crippen LogP contribution in [0.15, 0.2) is 27.1 Å². The first-order valence-electron chi connectivity index (χ1n) is 7.08. The molecule has 0 saturated carbocycles. The minimum absolute atomic E-state index is 0.0867. The van der Waals surface area contributed by atoms with Crippen molar-refractivity contribution in [2.45, 2.75) is 39.2 Å². The molecule has 1 heterocycles. The Balaban J connectivity index is 2.38. The molecule has 0 radical (unpaired) electrons. The molecule has 2 rings (SSSR count). The van der Waals surface area contributed by atoms with E-state index in [0.29, 0.717) is 24.2 Å². The number of hydrogen-bond donors (Lipinski definition) is 2. The van der Waals surface area contributed by atoms with Crippen molar-refractivity contribution in [1.82, 2.24) is 5.32 Å². The second-order valence-electron chi connectivity index (χ2n) is 5.30. The molecule has 5 heteroatoms. The van der Waals surface area contributed by atoms with E-state index in [-0.39, 0.29) is 12.5 Å². The standard InChI is InChI=1S/C16H20BrNO3/c1-4-16(5-2,9-19)18-15(20)14-10(3)12-8-11(17)6-7-13(12)21-14/h6-8,19H,4-5,9H2,1-3H3,(H,18,20). The van der Waals surface area contributed by atoms with Crippen molar-refractivity contribution in [3.05, 3.63) is 34.0 Å². The van der Waals surface area contributed by atoms with E-state index in [2.05, 4.69) is 21.2 Å². The highest BCUT2D eigenvalue weighted by molar-refractivity contribution is 9.10. The largest absolute Gasteiger partial charge is 0.451 e. The van der Waals surface area contributed by atoms with E-state index in [9.17, 15) is 9.90 Å². The Kier molecular flexibility index (Phi) is 4.74. The zero-order chi connectivity index (χ0) is 15.6. The molecule has 0 bridgehead atoms. The van der Waals surface area contributed by atoms with Gasteiger partial charge >= 0.3 is 0 Å². The van der Waals surface area contributed by atoms with E-state index in [1.165, 1.54) is 0 Å². The molecule has 0 aliphatic heterocycles. The van der Waals surface area contributed by atoms with Crippen molar-refractivity contribution >= 4 is 32.8 Å². The lowest BCUT2D eigenvalue weighted by Crippen LogP contribution is -2.50. The number of nitrogens with one attached hydrogen (secondary N) is 1. The summed E-state index contributed by atoms with van der Waals surface area (Å²) in [6.07, 6.45) is 1.33. The van der Waals surface area contributed by atoms with Crippen LogP contribution in [0.2, 0.25) is 0 Å². The summed E-state index contributed by atoms with van der Waals surface area (Å²) in [6, 6.07) is 5.65. The van der Waals surface area contributed by atoms with Crippen LogP contribution in [0.1, 0.15) is 42.8 Å². The molecule has 114 valence electrons. The summed E-state index contributed by atoms with van der Waals surface area (Å²) >= 11 is 3.42. The third kappa shape index (κ3) is 2.99. The molecule has 0 saturated heterocycles. The van der Waals surface area contributed by atoms with E-state index in [4.69, 9.17) is 4.42 Å². The third-order valence-electron chi connectivity index (χ3n) is 4.14. The molecule has 0 unspecified atom stereocenters. The van der Waals surface area contributed by atoms with Gasteiger partial charge in [0.25, 0.3) is 5.91 Å². The molecule has 2 N–H and O–H groups in total. The molecular weight excluding hydrogens is 334 g/mol. The van der Waals surface area contributed by atoms with Gasteiger partial charge in [-0.15, -0.1) is 0 Å². The second kappa shape index (κ2) is 6.20. The van der Waals surface area contributed by atoms with Crippen LogP contribution in [-0.2, 0) is 0 Å². The van der Waals surface area contributed by atoms with E-state index in [1.807, 2.05) is 39.0 Å². The number of carbonyl (C=O) groups excluding carboxylic acids is 1. The summed E-state index contributed by atoms with van der Waals surface area (Å²) in [7, 11) is 0. The van der Waals surface area contributed by atoms with Crippen LogP contribution in [0.3, 0.4) is 0 Å². The number of benzene rings is 1. The van der Waals surface area contributed by atoms with Gasteiger partial charge in [-0.3, -0.25) is 4.79 Å². The van der Waals surface area contributed by atoms with Crippen molar-refractivity contribution in [3.8, 4) is 0 Å². The lowest BCUT2D eigenvalue weighted by Gasteiger charge is -2.30. The van der Waals surface area contributed by atoms with Gasteiger partial charge in [0.05, 0.1) is 12.1 Å². The number of amides is 1. The Labute approximate surface area is 132 Å². The van der Waals surface area contributed by atoms with Crippen LogP contribution in [0.4, 0.5) is 0 Å². The smallest absolute Gasteiger partial charge is 0.287 e. The quantitative estimate of drug-likeness (QED) is 0.859. The summed E-state index contributed by atoms with van der Waals surface area (Å²) in [5, 5.41) is 13.4. The summed E-state index contributed by atoms with van der Waals surface area (Å²) in [5.41, 5.74) is 0.898. The SMILES string of the molecule is CCC(CC)(CO)NC(=O)c1oc2ccc(Br)cc2c1C. The Bertz CT molecular complexity index is 651. The molecule has 2 aromatic rings. The van der Waals surface area contributed by atoms with E-state index >= 15 is 0 Å². The van der Waals surface area contributed by atoms with Gasteiger partial charge in [0.1, 0.15) is 5.58 Å². The maximum Gasteiger partial charge on any atom is 0.287 e. The molecule has 4 nitrogen and oxygen atoms in total. The fraction of sp³-hybridized carbons (Fsp3) is 0.438. The monoisotopic (exact) mass is 353 g/mol. The predicted octanol–water partition coefficient (Wildman–Crippen LogP) is 3.78. The number of furan rings is 1. The third-order valence-corrected chi connectivity index (χ3v) is 4.63. The van der Waals surface area contributed by atoms with Crippen molar-refractivity contribution in [3.63, 3.8) is 0 Å². The lowest BCUT2D eigenvalue weighted by atomic mass is 9.93. The maximum absolute atomic E-state index is 12.5. The van der Waals surface area contributed by atoms with E-state index in [1.54, 1.807) is 0 Å². The lowest BCUT2D eigenvalue weighted by molar-refractivity contribution is 0.0791. The van der Waals surface area contributed by atoms with Crippen molar-refractivity contribution in [2.75, 3.05) is 6.61 Å². The van der Waals surface area contributed by atoms with E-state index in [0.717, 1.165) is 15.4 Å². The minimum Gasteiger partial charge on any atom is -0.451 e. The second-order valence-corrected chi connectivity index (χ2v) is 6.21. The number of rotatable bonds is 5. The fourth-order valence-electron chi connectivity index (χ4n) is 2.40. The first kappa shape index (κ1) is 16.0. The van der Waals surface area contributed by atoms with Gasteiger partial charge < -0.3 is 14.8 Å². The van der Waals surface area contributed by atoms with Gasteiger partial charge in [-0.05, 0) is 38.0 Å². The Morgan fingerprint density at radius 3 is 2.62 bits per heavy atom. The molecule has 0 atom stereocenters. The first-order valence-corrected chi connectivity index (χ1v) is 7.87. The Morgan fingerprint density at radius 2 is 2.05 bits per heavy atom. The Morgan fingerprint density at radius 1 is 1.38 bits per heavy atom. The number of aryl methyl sites for hydroxylation is 1. The van der Waals surface area contributed by atoms with Crippen LogP contribution < -0.4 is 5.32 Å². The highest BCUT2D eigenvalue weighted by Gasteiger charge is 2.29. The van der Waals surface area contributed by atoms with E-state index < -0.39 is 5.54 Å². The summed E-state index contributed by atoms with van der Waals surface area (Å²) in [6.45, 7) is 5.67. The minimum atomic E-state index is -0.594. The summed E-state index contributed by atoms with van der Waals surface area (Å²) < 4.78 is 6.62. The number of fused-ring (bicyclic) bond motifs is 1. The molecule has 21 heavy (non-hydrogen) atoms. The van der Waals surface area contributed by atoms with Gasteiger partial charge in [0, 0.05) is 15.4 Å². The van der Waals surface area contributed by atoms with Crippen molar-refractivity contribution in [2.24, 2.45) is 0 Å². The molecule has 1 aromatic carbocycles. The van der Waals surface area contributed by atoms with Crippen LogP contribution in [0.5, 0.6) is 0 Å². The zero-order valence-corrected chi connectivity index (χ0v) is 14.1. The number of aliphatic hydroxyl groups is 1. The van der Waals surface area contributed by atoms with Gasteiger partial charge in [-0.2, -0.15) is 0 Å². The number of halogens is 1. The molecule has 1 amide bonds. The summed E-state index contributed by atoms with van der Waals surface area (Å²) in [4.78, 5) is 12.5. The average Bonchev–Trinajstić information content (AvgIpc) is 2.82. The van der Waals surface area contributed by atoms with Crippen molar-refractivity contribution < 1.29 is 14.3 Å². The topological polar surface area (TPSA) is 62.5 Å². The van der Waals surface area contributed by atoms with Crippen LogP contribution in [-0.4, -0.2) is 23.2 Å². The van der Waals surface area contributed by atoms with Crippen LogP contribution in [0, 0.1) is 6.92 Å². The average molecular weight is 354 g/mol. The first-order chi connectivity index (χ1) is 9.96. The normalized spacial score (nSPS) is 11.9. The van der Waals surface area contributed by atoms with Gasteiger partial charge in [0.15, 0.2) is 5.76 Å². The Hall–Kier alpha value is -1.33. The zero-order valence-electron chi connectivity index (χ0n) is 12.5. The predicted molar refractivity (Wildman–Crippen MR) is 86.5 cm³/mol. The molecule has 1 aromatic heterocycles. The fourth-order valence-corrected chi connectivity index (χ4v) is 2.76. The molecule has 0 aliphatic rings. The molecule has 0 aliphatic carbocycles. The number of aliphatic hydroxyl groups excluding tert-OH is 1. The van der Waals surface area contributed by atoms with Gasteiger partial charge in [0.2, 0.25) is 0 Å². The number of hydrogen-bond acceptors (Lipinski definition) is 3. The molecule has 0 spiro atoms. The maximum atomic E-state index is 12.5. The van der Waals surface area contributed by atoms with Crippen LogP contribution >= 0.6 is 15.9 Å². The van der Waals surface area contributed by atoms with Crippen LogP contribution in [0.25, 0.3) is 11.0 Å². The van der Waals surface area contributed by atoms with Crippen molar-refractivity contribution in [1.29, 1.82) is 0 Å². The highest BCUT2D eigenvalue weighted by atomic mass is 79.9. The highest BCUT2D eigenvalue weighted by Crippen LogP contribution is 2.28. The molecule has 0 fully saturated rings. The number of carbonyl (C=O) groups is 1. The van der Waals surface area contributed by atoms with Gasteiger partial charge in [-0.1, -0.05) is 29.8 Å². The molecular formula is C16H20BrNO3. The van der Waals surface area contributed by atoms with Gasteiger partial charge in [-0.25, -0.2) is 0 Å². The summed E-state index contributed by atoms with van der Waals surface area (Å²) in [5.74, 6) is 0.0281.